The first-order valence-electron chi connectivity index (χ1n) is 6.32. The van der Waals surface area contributed by atoms with Gasteiger partial charge in [0.2, 0.25) is 0 Å². The average Bonchev–Trinajstić information content (AvgIpc) is 2.30. The van der Waals surface area contributed by atoms with Gasteiger partial charge < -0.3 is 9.47 Å². The zero-order chi connectivity index (χ0) is 13.9. The van der Waals surface area contributed by atoms with Crippen molar-refractivity contribution in [2.24, 2.45) is 0 Å². The lowest BCUT2D eigenvalue weighted by Gasteiger charge is -2.34. The maximum absolute atomic E-state index is 11.6. The number of carbonyl (C=O) groups excluding carboxylic acids is 1. The number of carbonyl (C=O) groups is 1. The molecule has 0 atom stereocenters. The molecule has 0 saturated carbocycles. The van der Waals surface area contributed by atoms with Crippen molar-refractivity contribution in [3.05, 3.63) is 31.9 Å². The topological polar surface area (TPSA) is 35.5 Å². The van der Waals surface area contributed by atoms with Crippen LogP contribution in [0.5, 0.6) is 0 Å². The van der Waals surface area contributed by atoms with Gasteiger partial charge in [0.15, 0.2) is 0 Å². The number of rotatable bonds is 11. The summed E-state index contributed by atoms with van der Waals surface area (Å²) < 4.78 is 10.8. The van der Waals surface area contributed by atoms with E-state index in [9.17, 15) is 4.79 Å². The summed E-state index contributed by atoms with van der Waals surface area (Å²) in [4.78, 5) is 11.6. The molecule has 103 valence electrons. The zero-order valence-electron chi connectivity index (χ0n) is 11.6. The highest BCUT2D eigenvalue weighted by Crippen LogP contribution is 2.12. The van der Waals surface area contributed by atoms with E-state index in [2.05, 4.69) is 13.2 Å². The van der Waals surface area contributed by atoms with Crippen molar-refractivity contribution >= 4 is 5.97 Å². The van der Waals surface area contributed by atoms with Crippen LogP contribution in [0.2, 0.25) is 0 Å². The molecule has 0 unspecified atom stereocenters. The molecule has 0 aliphatic rings. The van der Waals surface area contributed by atoms with Gasteiger partial charge in [0.25, 0.3) is 6.54 Å². The maximum atomic E-state index is 11.6. The third-order valence-electron chi connectivity index (χ3n) is 2.54. The highest BCUT2D eigenvalue weighted by atomic mass is 16.5. The van der Waals surface area contributed by atoms with Gasteiger partial charge >= 0.3 is 5.97 Å². The molecule has 18 heavy (non-hydrogen) atoms. The van der Waals surface area contributed by atoms with Crippen LogP contribution in [-0.4, -0.2) is 49.9 Å². The summed E-state index contributed by atoms with van der Waals surface area (Å²) in [5, 5.41) is 0. The molecule has 0 aromatic carbocycles. The highest BCUT2D eigenvalue weighted by molar-refractivity contribution is 5.76. The SMILES string of the molecule is C=CC[N+]([CH]C(=O)OCC)(CC=C)CCOCC. The van der Waals surface area contributed by atoms with E-state index in [0.29, 0.717) is 43.9 Å². The van der Waals surface area contributed by atoms with E-state index in [4.69, 9.17) is 9.47 Å². The first kappa shape index (κ1) is 16.9. The van der Waals surface area contributed by atoms with Crippen molar-refractivity contribution in [2.45, 2.75) is 13.8 Å². The summed E-state index contributed by atoms with van der Waals surface area (Å²) in [5.41, 5.74) is 0. The number of quaternary nitrogens is 1. The number of nitrogens with zero attached hydrogens (tertiary/aromatic N) is 1. The third kappa shape index (κ3) is 6.57. The molecule has 0 aromatic rings. The largest absolute Gasteiger partial charge is 0.461 e. The first-order chi connectivity index (χ1) is 8.64. The second-order valence-electron chi connectivity index (χ2n) is 3.96. The molecule has 0 saturated heterocycles. The molecule has 4 heteroatoms. The minimum absolute atomic E-state index is 0.308. The summed E-state index contributed by atoms with van der Waals surface area (Å²) in [7, 11) is 0. The van der Waals surface area contributed by atoms with Gasteiger partial charge in [-0.1, -0.05) is 13.2 Å². The normalized spacial score (nSPS) is 11.0. The van der Waals surface area contributed by atoms with Crippen LogP contribution >= 0.6 is 0 Å². The van der Waals surface area contributed by atoms with Crippen molar-refractivity contribution in [1.82, 2.24) is 0 Å². The van der Waals surface area contributed by atoms with Crippen LogP contribution in [0.3, 0.4) is 0 Å². The fourth-order valence-corrected chi connectivity index (χ4v) is 1.74. The molecule has 1 radical (unpaired) electrons. The number of esters is 1. The molecule has 0 aliphatic heterocycles. The van der Waals surface area contributed by atoms with Gasteiger partial charge in [0, 0.05) is 6.61 Å². The maximum Gasteiger partial charge on any atom is 0.372 e. The van der Waals surface area contributed by atoms with Gasteiger partial charge in [-0.15, -0.1) is 0 Å². The van der Waals surface area contributed by atoms with Crippen molar-refractivity contribution in [2.75, 3.05) is 39.5 Å². The number of ether oxygens (including phenoxy) is 2. The van der Waals surface area contributed by atoms with Crippen LogP contribution in [-0.2, 0) is 14.3 Å². The predicted molar refractivity (Wildman–Crippen MR) is 72.7 cm³/mol. The van der Waals surface area contributed by atoms with Gasteiger partial charge in [0.1, 0.15) is 6.54 Å². The second kappa shape index (κ2) is 9.85. The standard InChI is InChI=1S/C14H25NO3/c1-5-9-15(10-6-2,11-12-17-7-3)13-14(16)18-8-4/h5-6,13H,1-2,7-12H2,3-4H3/q+1. The predicted octanol–water partition coefficient (Wildman–Crippen LogP) is 1.94. The Labute approximate surface area is 110 Å². The van der Waals surface area contributed by atoms with Crippen LogP contribution in [0.25, 0.3) is 0 Å². The Morgan fingerprint density at radius 1 is 1.17 bits per heavy atom. The lowest BCUT2D eigenvalue weighted by Crippen LogP contribution is -2.50. The molecular formula is C14H25NO3+. The van der Waals surface area contributed by atoms with Gasteiger partial charge in [-0.2, -0.15) is 0 Å². The van der Waals surface area contributed by atoms with E-state index < -0.39 is 0 Å². The summed E-state index contributed by atoms with van der Waals surface area (Å²) in [6, 6.07) is 0. The summed E-state index contributed by atoms with van der Waals surface area (Å²) in [5.74, 6) is -0.308. The molecule has 0 aromatic heterocycles. The zero-order valence-corrected chi connectivity index (χ0v) is 11.6. The fourth-order valence-electron chi connectivity index (χ4n) is 1.74. The quantitative estimate of drug-likeness (QED) is 0.245. The summed E-state index contributed by atoms with van der Waals surface area (Å²) in [6.45, 7) is 16.5. The van der Waals surface area contributed by atoms with E-state index in [1.807, 2.05) is 6.92 Å². The van der Waals surface area contributed by atoms with Gasteiger partial charge in [-0.25, -0.2) is 4.79 Å². The van der Waals surface area contributed by atoms with Crippen LogP contribution in [0.1, 0.15) is 13.8 Å². The Hall–Kier alpha value is -1.13. The van der Waals surface area contributed by atoms with Crippen molar-refractivity contribution in [1.29, 1.82) is 0 Å². The lowest BCUT2D eigenvalue weighted by atomic mass is 10.3. The van der Waals surface area contributed by atoms with Crippen LogP contribution in [0.4, 0.5) is 0 Å². The van der Waals surface area contributed by atoms with Crippen LogP contribution in [0.15, 0.2) is 25.3 Å². The van der Waals surface area contributed by atoms with Crippen molar-refractivity contribution in [3.8, 4) is 0 Å². The molecule has 0 fully saturated rings. The summed E-state index contributed by atoms with van der Waals surface area (Å²) in [6.07, 6.45) is 3.59. The molecule has 0 amide bonds. The first-order valence-corrected chi connectivity index (χ1v) is 6.32. The fraction of sp³-hybridized carbons (Fsp3) is 0.571. The smallest absolute Gasteiger partial charge is 0.372 e. The van der Waals surface area contributed by atoms with Crippen molar-refractivity contribution < 1.29 is 18.8 Å². The Balaban J connectivity index is 4.65. The number of hydrogen-bond donors (Lipinski definition) is 0. The Morgan fingerprint density at radius 2 is 1.78 bits per heavy atom. The molecule has 0 N–H and O–H groups in total. The molecule has 0 heterocycles. The van der Waals surface area contributed by atoms with E-state index in [1.54, 1.807) is 25.6 Å². The highest BCUT2D eigenvalue weighted by Gasteiger charge is 2.30. The van der Waals surface area contributed by atoms with Crippen molar-refractivity contribution in [3.63, 3.8) is 0 Å². The summed E-state index contributed by atoms with van der Waals surface area (Å²) >= 11 is 0. The molecule has 4 nitrogen and oxygen atoms in total. The Morgan fingerprint density at radius 3 is 2.22 bits per heavy atom. The Bertz CT molecular complexity index is 254. The molecule has 0 bridgehead atoms. The molecular weight excluding hydrogens is 230 g/mol. The minimum Gasteiger partial charge on any atom is -0.461 e. The van der Waals surface area contributed by atoms with Gasteiger partial charge in [0.05, 0.1) is 26.3 Å². The lowest BCUT2D eigenvalue weighted by molar-refractivity contribution is -0.884. The third-order valence-corrected chi connectivity index (χ3v) is 2.54. The van der Waals surface area contributed by atoms with E-state index in [-0.39, 0.29) is 5.97 Å². The van der Waals surface area contributed by atoms with E-state index in [0.717, 1.165) is 0 Å². The van der Waals surface area contributed by atoms with Crippen LogP contribution in [0, 0.1) is 6.54 Å². The monoisotopic (exact) mass is 255 g/mol. The Kier molecular flexibility index (Phi) is 9.24. The van der Waals surface area contributed by atoms with Gasteiger partial charge in [-0.05, 0) is 26.0 Å². The minimum atomic E-state index is -0.308. The number of hydrogen-bond acceptors (Lipinski definition) is 3. The average molecular weight is 255 g/mol. The molecule has 0 rings (SSSR count). The van der Waals surface area contributed by atoms with Crippen LogP contribution < -0.4 is 0 Å². The second-order valence-corrected chi connectivity index (χ2v) is 3.96. The van der Waals surface area contributed by atoms with E-state index in [1.165, 1.54) is 0 Å². The van der Waals surface area contributed by atoms with Gasteiger partial charge in [-0.3, -0.25) is 4.48 Å². The molecule has 0 spiro atoms. The molecule has 0 aliphatic carbocycles. The van der Waals surface area contributed by atoms with E-state index >= 15 is 0 Å².